The Bertz CT molecular complexity index is 1100. The molecule has 1 unspecified atom stereocenters. The first-order valence-corrected chi connectivity index (χ1v) is 11.4. The minimum atomic E-state index is -0.326. The lowest BCUT2D eigenvalue weighted by Gasteiger charge is -2.16. The molecule has 0 aromatic heterocycles. The number of hydrogen-bond acceptors (Lipinski definition) is 3. The summed E-state index contributed by atoms with van der Waals surface area (Å²) in [4.78, 5) is 26.2. The summed E-state index contributed by atoms with van der Waals surface area (Å²) in [5.41, 5.74) is 2.79. The van der Waals surface area contributed by atoms with Crippen LogP contribution < -0.4 is 10.6 Å². The lowest BCUT2D eigenvalue weighted by Crippen LogP contribution is -2.24. The van der Waals surface area contributed by atoms with Gasteiger partial charge in [0.2, 0.25) is 5.91 Å². The molecule has 0 aliphatic carbocycles. The molecule has 1 atom stereocenters. The zero-order valence-corrected chi connectivity index (χ0v) is 19.4. The molecular weight excluding hydrogens is 451 g/mol. The zero-order chi connectivity index (χ0) is 22.4. The molecule has 0 aliphatic heterocycles. The molecule has 2 amide bonds. The Morgan fingerprint density at radius 1 is 0.968 bits per heavy atom. The number of aryl methyl sites for hydroxylation is 1. The lowest BCUT2D eigenvalue weighted by molar-refractivity contribution is -0.115. The number of thioether (sulfide) groups is 1. The van der Waals surface area contributed by atoms with Crippen LogP contribution in [0.2, 0.25) is 10.0 Å². The van der Waals surface area contributed by atoms with Gasteiger partial charge in [0.05, 0.1) is 15.8 Å². The molecule has 0 saturated heterocycles. The van der Waals surface area contributed by atoms with E-state index in [9.17, 15) is 9.59 Å². The van der Waals surface area contributed by atoms with Crippen LogP contribution in [-0.2, 0) is 4.79 Å². The van der Waals surface area contributed by atoms with E-state index in [-0.39, 0.29) is 22.1 Å². The van der Waals surface area contributed by atoms with Gasteiger partial charge in [-0.15, -0.1) is 11.8 Å². The number of anilines is 2. The number of nitrogens with one attached hydrogen (secondary N) is 2. The SMILES string of the molecule is CCC(Sc1cccc(NC(=O)c2ccc(Cl)cc2Cl)c1)C(=O)Nc1ccccc1C. The molecule has 0 spiro atoms. The highest BCUT2D eigenvalue weighted by Crippen LogP contribution is 2.29. The molecule has 0 radical (unpaired) electrons. The van der Waals surface area contributed by atoms with Gasteiger partial charge >= 0.3 is 0 Å². The van der Waals surface area contributed by atoms with E-state index in [1.54, 1.807) is 18.2 Å². The van der Waals surface area contributed by atoms with Crippen molar-refractivity contribution in [2.24, 2.45) is 0 Å². The van der Waals surface area contributed by atoms with Crippen molar-refractivity contribution >= 4 is 58.2 Å². The standard InChI is InChI=1S/C24H22Cl2N2O2S/c1-3-22(24(30)28-21-10-5-4-7-15(21)2)31-18-9-6-8-17(14-18)27-23(29)19-12-11-16(25)13-20(19)26/h4-14,22H,3H2,1-2H3,(H,27,29)(H,28,30). The summed E-state index contributed by atoms with van der Waals surface area (Å²) >= 11 is 13.5. The van der Waals surface area contributed by atoms with Gasteiger partial charge in [-0.05, 0) is 61.4 Å². The summed E-state index contributed by atoms with van der Waals surface area (Å²) in [6.07, 6.45) is 0.666. The van der Waals surface area contributed by atoms with Crippen molar-refractivity contribution in [1.82, 2.24) is 0 Å². The van der Waals surface area contributed by atoms with Gasteiger partial charge in [0, 0.05) is 21.3 Å². The molecule has 0 heterocycles. The molecular formula is C24H22Cl2N2O2S. The van der Waals surface area contributed by atoms with Crippen LogP contribution in [0.4, 0.5) is 11.4 Å². The second kappa shape index (κ2) is 10.7. The number of halogens is 2. The van der Waals surface area contributed by atoms with Crippen LogP contribution in [0.3, 0.4) is 0 Å². The number of para-hydroxylation sites is 1. The van der Waals surface area contributed by atoms with Crippen molar-refractivity contribution in [3.63, 3.8) is 0 Å². The average molecular weight is 473 g/mol. The van der Waals surface area contributed by atoms with Crippen LogP contribution in [0.25, 0.3) is 0 Å². The summed E-state index contributed by atoms with van der Waals surface area (Å²) in [6.45, 7) is 3.94. The molecule has 0 aliphatic rings. The predicted octanol–water partition coefficient (Wildman–Crippen LogP) is 7.06. The van der Waals surface area contributed by atoms with E-state index >= 15 is 0 Å². The van der Waals surface area contributed by atoms with E-state index in [1.165, 1.54) is 17.8 Å². The maximum atomic E-state index is 12.8. The molecule has 31 heavy (non-hydrogen) atoms. The monoisotopic (exact) mass is 472 g/mol. The summed E-state index contributed by atoms with van der Waals surface area (Å²) < 4.78 is 0. The van der Waals surface area contributed by atoms with Gasteiger partial charge in [0.25, 0.3) is 5.91 Å². The number of rotatable bonds is 7. The molecule has 0 bridgehead atoms. The third-order valence-corrected chi connectivity index (χ3v) is 6.52. The molecule has 4 nitrogen and oxygen atoms in total. The Hall–Kier alpha value is -2.47. The van der Waals surface area contributed by atoms with Gasteiger partial charge in [-0.2, -0.15) is 0 Å². The van der Waals surface area contributed by atoms with Crippen LogP contribution in [0.15, 0.2) is 71.6 Å². The molecule has 3 aromatic carbocycles. The summed E-state index contributed by atoms with van der Waals surface area (Å²) in [5, 5.41) is 6.34. The highest BCUT2D eigenvalue weighted by atomic mass is 35.5. The van der Waals surface area contributed by atoms with Crippen molar-refractivity contribution in [3.05, 3.63) is 87.9 Å². The van der Waals surface area contributed by atoms with Gasteiger partial charge < -0.3 is 10.6 Å². The normalized spacial score (nSPS) is 11.6. The van der Waals surface area contributed by atoms with Gasteiger partial charge in [0.15, 0.2) is 0 Å². The third-order valence-electron chi connectivity index (χ3n) is 4.61. The smallest absolute Gasteiger partial charge is 0.257 e. The van der Waals surface area contributed by atoms with Crippen LogP contribution in [-0.4, -0.2) is 17.1 Å². The Morgan fingerprint density at radius 3 is 2.45 bits per heavy atom. The number of carbonyl (C=O) groups is 2. The number of carbonyl (C=O) groups excluding carboxylic acids is 2. The highest BCUT2D eigenvalue weighted by Gasteiger charge is 2.19. The van der Waals surface area contributed by atoms with Gasteiger partial charge in [-0.1, -0.05) is 54.4 Å². The van der Waals surface area contributed by atoms with E-state index in [2.05, 4.69) is 10.6 Å². The van der Waals surface area contributed by atoms with Crippen LogP contribution >= 0.6 is 35.0 Å². The number of hydrogen-bond donors (Lipinski definition) is 2. The molecule has 3 rings (SSSR count). The maximum absolute atomic E-state index is 12.8. The summed E-state index contributed by atoms with van der Waals surface area (Å²) in [5.74, 6) is -0.377. The molecule has 0 fully saturated rings. The fourth-order valence-corrected chi connectivity index (χ4v) is 4.44. The van der Waals surface area contributed by atoms with E-state index in [0.29, 0.717) is 22.7 Å². The highest BCUT2D eigenvalue weighted by molar-refractivity contribution is 8.00. The second-order valence-corrected chi connectivity index (χ2v) is 9.04. The third kappa shape index (κ3) is 6.26. The Kier molecular flexibility index (Phi) is 8.02. The van der Waals surface area contributed by atoms with E-state index in [0.717, 1.165) is 16.1 Å². The number of benzene rings is 3. The van der Waals surface area contributed by atoms with Gasteiger partial charge in [-0.3, -0.25) is 9.59 Å². The van der Waals surface area contributed by atoms with Crippen LogP contribution in [0.1, 0.15) is 29.3 Å². The van der Waals surface area contributed by atoms with Crippen molar-refractivity contribution < 1.29 is 9.59 Å². The molecule has 2 N–H and O–H groups in total. The van der Waals surface area contributed by atoms with Gasteiger partial charge in [0.1, 0.15) is 0 Å². The first-order chi connectivity index (χ1) is 14.9. The van der Waals surface area contributed by atoms with Crippen LogP contribution in [0, 0.1) is 6.92 Å². The minimum absolute atomic E-state index is 0.0517. The predicted molar refractivity (Wildman–Crippen MR) is 131 cm³/mol. The van der Waals surface area contributed by atoms with Gasteiger partial charge in [-0.25, -0.2) is 0 Å². The van der Waals surface area contributed by atoms with E-state index < -0.39 is 0 Å². The van der Waals surface area contributed by atoms with Crippen molar-refractivity contribution in [1.29, 1.82) is 0 Å². The Labute approximate surface area is 196 Å². The van der Waals surface area contributed by atoms with Crippen molar-refractivity contribution in [2.45, 2.75) is 30.4 Å². The lowest BCUT2D eigenvalue weighted by atomic mass is 10.2. The maximum Gasteiger partial charge on any atom is 0.257 e. The van der Waals surface area contributed by atoms with Crippen molar-refractivity contribution in [2.75, 3.05) is 10.6 Å². The average Bonchev–Trinajstić information content (AvgIpc) is 2.73. The minimum Gasteiger partial charge on any atom is -0.325 e. The quantitative estimate of drug-likeness (QED) is 0.361. The molecule has 3 aromatic rings. The molecule has 160 valence electrons. The van der Waals surface area contributed by atoms with Crippen molar-refractivity contribution in [3.8, 4) is 0 Å². The number of amides is 2. The Morgan fingerprint density at radius 2 is 1.74 bits per heavy atom. The first-order valence-electron chi connectivity index (χ1n) is 9.77. The largest absolute Gasteiger partial charge is 0.325 e. The Balaban J connectivity index is 1.69. The fraction of sp³-hybridized carbons (Fsp3) is 0.167. The first kappa shape index (κ1) is 23.2. The zero-order valence-electron chi connectivity index (χ0n) is 17.1. The topological polar surface area (TPSA) is 58.2 Å². The summed E-state index contributed by atoms with van der Waals surface area (Å²) in [6, 6.07) is 19.8. The second-order valence-electron chi connectivity index (χ2n) is 6.93. The fourth-order valence-electron chi connectivity index (χ4n) is 2.93. The van der Waals surface area contributed by atoms with E-state index in [4.69, 9.17) is 23.2 Å². The van der Waals surface area contributed by atoms with Crippen LogP contribution in [0.5, 0.6) is 0 Å². The van der Waals surface area contributed by atoms with E-state index in [1.807, 2.05) is 56.3 Å². The summed E-state index contributed by atoms with van der Waals surface area (Å²) in [7, 11) is 0. The molecule has 0 saturated carbocycles. The molecule has 7 heteroatoms.